The predicted molar refractivity (Wildman–Crippen MR) is 69.6 cm³/mol. The average molecular weight is 330 g/mol. The first kappa shape index (κ1) is 17.1. The van der Waals surface area contributed by atoms with Crippen LogP contribution in [0.4, 0.5) is 8.78 Å². The zero-order valence-electron chi connectivity index (χ0n) is 10.5. The molecule has 2 N–H and O–H groups in total. The van der Waals surface area contributed by atoms with E-state index in [1.165, 1.54) is 0 Å². The number of alkyl halides is 2. The molecule has 20 heavy (non-hydrogen) atoms. The molecule has 0 saturated heterocycles. The fraction of sp³-hybridized carbons (Fsp3) is 0.455. The first-order valence-corrected chi connectivity index (χ1v) is 7.53. The molecule has 0 amide bonds. The molecule has 0 spiro atoms. The second kappa shape index (κ2) is 7.16. The lowest BCUT2D eigenvalue weighted by Gasteiger charge is -2.15. The van der Waals surface area contributed by atoms with Crippen LogP contribution in [-0.2, 0) is 10.0 Å². The van der Waals surface area contributed by atoms with Crippen molar-refractivity contribution in [2.24, 2.45) is 0 Å². The van der Waals surface area contributed by atoms with Crippen LogP contribution in [0.5, 0.6) is 5.75 Å². The van der Waals surface area contributed by atoms with Crippen molar-refractivity contribution in [3.63, 3.8) is 0 Å². The van der Waals surface area contributed by atoms with Gasteiger partial charge in [0, 0.05) is 6.04 Å². The summed E-state index contributed by atoms with van der Waals surface area (Å²) in [6.07, 6.45) is 0.399. The number of ether oxygens (including phenoxy) is 1. The van der Waals surface area contributed by atoms with Gasteiger partial charge in [-0.15, -0.1) is 0 Å². The largest absolute Gasteiger partial charge is 0.433 e. The van der Waals surface area contributed by atoms with E-state index in [2.05, 4.69) is 9.46 Å². The molecule has 114 valence electrons. The van der Waals surface area contributed by atoms with Crippen LogP contribution >= 0.6 is 11.6 Å². The molecule has 0 aromatic heterocycles. The maximum Gasteiger partial charge on any atom is 0.387 e. The van der Waals surface area contributed by atoms with Crippen molar-refractivity contribution in [2.45, 2.75) is 30.9 Å². The van der Waals surface area contributed by atoms with Crippen LogP contribution in [0.3, 0.4) is 0 Å². The topological polar surface area (TPSA) is 75.6 Å². The van der Waals surface area contributed by atoms with E-state index in [1.54, 1.807) is 6.92 Å². The molecule has 9 heteroatoms. The molecule has 1 unspecified atom stereocenters. The summed E-state index contributed by atoms with van der Waals surface area (Å²) in [7, 11) is -3.89. The summed E-state index contributed by atoms with van der Waals surface area (Å²) >= 11 is 5.68. The van der Waals surface area contributed by atoms with Crippen LogP contribution in [0, 0.1) is 0 Å². The van der Waals surface area contributed by atoms with Crippen LogP contribution in [0.15, 0.2) is 23.1 Å². The van der Waals surface area contributed by atoms with E-state index in [4.69, 9.17) is 16.7 Å². The van der Waals surface area contributed by atoms with Gasteiger partial charge < -0.3 is 9.84 Å². The maximum absolute atomic E-state index is 12.1. The molecule has 0 aliphatic heterocycles. The number of hydrogen-bond acceptors (Lipinski definition) is 4. The SMILES string of the molecule is CCC(CO)NS(=O)(=O)c1ccc(OC(F)F)c(Cl)c1. The molecule has 0 aliphatic carbocycles. The lowest BCUT2D eigenvalue weighted by atomic mass is 10.3. The second-order valence-electron chi connectivity index (χ2n) is 3.88. The highest BCUT2D eigenvalue weighted by Crippen LogP contribution is 2.28. The third-order valence-electron chi connectivity index (χ3n) is 2.46. The summed E-state index contributed by atoms with van der Waals surface area (Å²) in [5, 5.41) is 8.73. The number of aliphatic hydroxyl groups is 1. The van der Waals surface area contributed by atoms with Crippen LogP contribution in [0.1, 0.15) is 13.3 Å². The predicted octanol–water partition coefficient (Wildman–Crippen LogP) is 1.99. The Bertz CT molecular complexity index is 549. The highest BCUT2D eigenvalue weighted by molar-refractivity contribution is 7.89. The summed E-state index contributed by atoms with van der Waals surface area (Å²) < 4.78 is 54.5. The molecule has 0 heterocycles. The van der Waals surface area contributed by atoms with E-state index >= 15 is 0 Å². The quantitative estimate of drug-likeness (QED) is 0.802. The van der Waals surface area contributed by atoms with Gasteiger partial charge >= 0.3 is 6.61 Å². The van der Waals surface area contributed by atoms with Crippen molar-refractivity contribution >= 4 is 21.6 Å². The first-order valence-electron chi connectivity index (χ1n) is 5.67. The Morgan fingerprint density at radius 2 is 2.10 bits per heavy atom. The molecular weight excluding hydrogens is 316 g/mol. The van der Waals surface area contributed by atoms with Crippen LogP contribution < -0.4 is 9.46 Å². The van der Waals surface area contributed by atoms with Crippen molar-refractivity contribution in [1.29, 1.82) is 0 Å². The van der Waals surface area contributed by atoms with Crippen LogP contribution in [-0.4, -0.2) is 32.8 Å². The van der Waals surface area contributed by atoms with Crippen molar-refractivity contribution < 1.29 is 27.0 Å². The smallest absolute Gasteiger partial charge is 0.387 e. The van der Waals surface area contributed by atoms with Crippen LogP contribution in [0.2, 0.25) is 5.02 Å². The monoisotopic (exact) mass is 329 g/mol. The van der Waals surface area contributed by atoms with Gasteiger partial charge in [0.15, 0.2) is 0 Å². The Balaban J connectivity index is 2.99. The van der Waals surface area contributed by atoms with Gasteiger partial charge in [-0.1, -0.05) is 18.5 Å². The molecule has 1 rings (SSSR count). The molecule has 1 aromatic rings. The summed E-state index contributed by atoms with van der Waals surface area (Å²) in [5.41, 5.74) is 0. The van der Waals surface area contributed by atoms with Gasteiger partial charge in [-0.25, -0.2) is 13.1 Å². The molecule has 0 fully saturated rings. The highest BCUT2D eigenvalue weighted by atomic mass is 35.5. The zero-order valence-corrected chi connectivity index (χ0v) is 12.1. The van der Waals surface area contributed by atoms with Gasteiger partial charge in [-0.05, 0) is 24.6 Å². The van der Waals surface area contributed by atoms with Gasteiger partial charge in [0.25, 0.3) is 0 Å². The number of sulfonamides is 1. The Morgan fingerprint density at radius 1 is 1.45 bits per heavy atom. The third-order valence-corrected chi connectivity index (χ3v) is 4.28. The molecule has 1 aromatic carbocycles. The number of halogens is 3. The number of benzene rings is 1. The van der Waals surface area contributed by atoms with E-state index in [9.17, 15) is 17.2 Å². The fourth-order valence-electron chi connectivity index (χ4n) is 1.38. The molecule has 0 radical (unpaired) electrons. The molecule has 0 bridgehead atoms. The van der Waals surface area contributed by atoms with E-state index in [1.807, 2.05) is 0 Å². The minimum absolute atomic E-state index is 0.198. The van der Waals surface area contributed by atoms with E-state index in [0.29, 0.717) is 6.42 Å². The Morgan fingerprint density at radius 3 is 2.55 bits per heavy atom. The van der Waals surface area contributed by atoms with Crippen molar-refractivity contribution in [3.05, 3.63) is 23.2 Å². The number of rotatable bonds is 7. The lowest BCUT2D eigenvalue weighted by molar-refractivity contribution is -0.0498. The Labute approximate surface area is 120 Å². The van der Waals surface area contributed by atoms with E-state index < -0.39 is 22.7 Å². The molecule has 5 nitrogen and oxygen atoms in total. The molecular formula is C11H14ClF2NO4S. The lowest BCUT2D eigenvalue weighted by Crippen LogP contribution is -2.36. The van der Waals surface area contributed by atoms with E-state index in [-0.39, 0.29) is 22.3 Å². The van der Waals surface area contributed by atoms with Crippen molar-refractivity contribution in [3.8, 4) is 5.75 Å². The number of aliphatic hydroxyl groups excluding tert-OH is 1. The maximum atomic E-state index is 12.1. The normalized spacial score (nSPS) is 13.5. The minimum Gasteiger partial charge on any atom is -0.433 e. The summed E-state index contributed by atoms with van der Waals surface area (Å²) in [4.78, 5) is -0.198. The van der Waals surface area contributed by atoms with Gasteiger partial charge in [0.1, 0.15) is 5.75 Å². The third kappa shape index (κ3) is 4.55. The second-order valence-corrected chi connectivity index (χ2v) is 6.00. The first-order chi connectivity index (χ1) is 9.30. The summed E-state index contributed by atoms with van der Waals surface area (Å²) in [5.74, 6) is -0.310. The van der Waals surface area contributed by atoms with Crippen molar-refractivity contribution in [2.75, 3.05) is 6.61 Å². The van der Waals surface area contributed by atoms with Gasteiger partial charge in [-0.2, -0.15) is 8.78 Å². The highest BCUT2D eigenvalue weighted by Gasteiger charge is 2.20. The Kier molecular flexibility index (Phi) is 6.12. The van der Waals surface area contributed by atoms with Gasteiger partial charge in [-0.3, -0.25) is 0 Å². The summed E-state index contributed by atoms with van der Waals surface area (Å²) in [6, 6.07) is 2.51. The fourth-order valence-corrected chi connectivity index (χ4v) is 3.00. The number of nitrogens with one attached hydrogen (secondary N) is 1. The van der Waals surface area contributed by atoms with Crippen molar-refractivity contribution in [1.82, 2.24) is 4.72 Å². The zero-order chi connectivity index (χ0) is 15.3. The minimum atomic E-state index is -3.89. The standard InChI is InChI=1S/C11H14ClF2NO4S/c1-2-7(6-16)15-20(17,18)8-3-4-10(9(12)5-8)19-11(13)14/h3-5,7,11,15-16H,2,6H2,1H3. The molecule has 0 aliphatic rings. The summed E-state index contributed by atoms with van der Waals surface area (Å²) in [6.45, 7) is -1.70. The number of hydrogen-bond donors (Lipinski definition) is 2. The molecule has 0 saturated carbocycles. The average Bonchev–Trinajstić information content (AvgIpc) is 2.37. The Hall–Kier alpha value is -0.960. The molecule has 1 atom stereocenters. The van der Waals surface area contributed by atoms with Gasteiger partial charge in [0.05, 0.1) is 16.5 Å². The van der Waals surface area contributed by atoms with E-state index in [0.717, 1.165) is 18.2 Å². The van der Waals surface area contributed by atoms with Crippen LogP contribution in [0.25, 0.3) is 0 Å². The van der Waals surface area contributed by atoms with Gasteiger partial charge in [0.2, 0.25) is 10.0 Å².